The molecule has 0 aromatic carbocycles. The normalized spacial score (nSPS) is 26.2. The first-order valence-corrected chi connectivity index (χ1v) is 6.77. The van der Waals surface area contributed by atoms with E-state index >= 15 is 0 Å². The van der Waals surface area contributed by atoms with Crippen molar-refractivity contribution in [1.29, 1.82) is 0 Å². The zero-order chi connectivity index (χ0) is 13.1. The van der Waals surface area contributed by atoms with Crippen LogP contribution >= 0.6 is 0 Å². The van der Waals surface area contributed by atoms with Crippen molar-refractivity contribution in [3.05, 3.63) is 0 Å². The Hall–Kier alpha value is -0.700. The Morgan fingerprint density at radius 3 is 2.59 bits per heavy atom. The monoisotopic (exact) mass is 267 g/mol. The van der Waals surface area contributed by atoms with Gasteiger partial charge in [0.2, 0.25) is 10.0 Å². The summed E-state index contributed by atoms with van der Waals surface area (Å²) in [7, 11) is -0.778. The van der Waals surface area contributed by atoms with Crippen LogP contribution < -0.4 is 0 Å². The molecule has 0 bridgehead atoms. The lowest BCUT2D eigenvalue weighted by atomic mass is 10.2. The summed E-state index contributed by atoms with van der Waals surface area (Å²) in [6.45, 7) is 0.127. The number of hydrogen-bond acceptors (Lipinski definition) is 5. The highest BCUT2D eigenvalue weighted by Gasteiger charge is 2.43. The van der Waals surface area contributed by atoms with E-state index in [4.69, 9.17) is 14.6 Å². The van der Waals surface area contributed by atoms with E-state index in [0.29, 0.717) is 0 Å². The second-order valence-corrected chi connectivity index (χ2v) is 5.87. The van der Waals surface area contributed by atoms with Gasteiger partial charge in [-0.2, -0.15) is 4.31 Å². The van der Waals surface area contributed by atoms with Crippen LogP contribution in [0.1, 0.15) is 6.42 Å². The Morgan fingerprint density at radius 1 is 1.47 bits per heavy atom. The minimum absolute atomic E-state index is 0.0445. The Morgan fingerprint density at radius 2 is 2.12 bits per heavy atom. The lowest BCUT2D eigenvalue weighted by Crippen LogP contribution is -2.42. The van der Waals surface area contributed by atoms with E-state index in [2.05, 4.69) is 0 Å². The smallest absolute Gasteiger partial charge is 0.322 e. The Bertz CT molecular complexity index is 368. The molecular weight excluding hydrogens is 250 g/mol. The lowest BCUT2D eigenvalue weighted by molar-refractivity contribution is -0.140. The fourth-order valence-electron chi connectivity index (χ4n) is 1.78. The quantitative estimate of drug-likeness (QED) is 0.673. The van der Waals surface area contributed by atoms with Gasteiger partial charge in [-0.05, 0) is 0 Å². The fourth-order valence-corrected chi connectivity index (χ4v) is 3.35. The zero-order valence-electron chi connectivity index (χ0n) is 9.83. The molecule has 0 aromatic heterocycles. The predicted molar refractivity (Wildman–Crippen MR) is 59.2 cm³/mol. The van der Waals surface area contributed by atoms with Crippen molar-refractivity contribution in [2.75, 3.05) is 33.1 Å². The number of hydrogen-bond donors (Lipinski definition) is 1. The number of carboxylic acid groups (broad SMARTS) is 1. The number of nitrogens with zero attached hydrogens (tertiary/aromatic N) is 1. The molecule has 17 heavy (non-hydrogen) atoms. The largest absolute Gasteiger partial charge is 0.480 e. The Kier molecular flexibility index (Phi) is 4.87. The molecule has 0 radical (unpaired) electrons. The SMILES string of the molecule is COCCS(=O)(=O)N1CC(OC)CC1C(=O)O. The molecule has 1 fully saturated rings. The van der Waals surface area contributed by atoms with E-state index in [1.54, 1.807) is 0 Å². The van der Waals surface area contributed by atoms with Gasteiger partial charge >= 0.3 is 5.97 Å². The summed E-state index contributed by atoms with van der Waals surface area (Å²) in [5, 5.41) is 8.99. The predicted octanol–water partition coefficient (Wildman–Crippen LogP) is -0.863. The van der Waals surface area contributed by atoms with Crippen LogP contribution in [-0.2, 0) is 24.3 Å². The molecule has 1 saturated heterocycles. The van der Waals surface area contributed by atoms with Crippen molar-refractivity contribution in [3.8, 4) is 0 Å². The van der Waals surface area contributed by atoms with Crippen molar-refractivity contribution in [1.82, 2.24) is 4.31 Å². The van der Waals surface area contributed by atoms with E-state index in [-0.39, 0.29) is 31.4 Å². The van der Waals surface area contributed by atoms with Gasteiger partial charge in [-0.25, -0.2) is 8.42 Å². The second kappa shape index (κ2) is 5.76. The average molecular weight is 267 g/mol. The van der Waals surface area contributed by atoms with Gasteiger partial charge in [-0.3, -0.25) is 4.79 Å². The van der Waals surface area contributed by atoms with Crippen molar-refractivity contribution in [2.24, 2.45) is 0 Å². The molecule has 1 rings (SSSR count). The van der Waals surface area contributed by atoms with Gasteiger partial charge in [0.25, 0.3) is 0 Å². The summed E-state index contributed by atoms with van der Waals surface area (Å²) < 4.78 is 34.5. The van der Waals surface area contributed by atoms with Crippen molar-refractivity contribution in [2.45, 2.75) is 18.6 Å². The first kappa shape index (κ1) is 14.4. The number of sulfonamides is 1. The van der Waals surface area contributed by atoms with Crippen LogP contribution in [0.25, 0.3) is 0 Å². The number of methoxy groups -OCH3 is 2. The van der Waals surface area contributed by atoms with E-state index in [1.165, 1.54) is 14.2 Å². The molecule has 1 aliphatic heterocycles. The first-order chi connectivity index (χ1) is 7.92. The molecule has 8 heteroatoms. The van der Waals surface area contributed by atoms with Crippen LogP contribution in [0.15, 0.2) is 0 Å². The summed E-state index contributed by atoms with van der Waals surface area (Å²) in [4.78, 5) is 11.0. The maximum atomic E-state index is 11.9. The first-order valence-electron chi connectivity index (χ1n) is 5.16. The third-order valence-electron chi connectivity index (χ3n) is 2.74. The number of ether oxygens (including phenoxy) is 2. The zero-order valence-corrected chi connectivity index (χ0v) is 10.6. The van der Waals surface area contributed by atoms with Crippen molar-refractivity contribution >= 4 is 16.0 Å². The third kappa shape index (κ3) is 3.38. The molecule has 1 N–H and O–H groups in total. The number of carboxylic acids is 1. The lowest BCUT2D eigenvalue weighted by Gasteiger charge is -2.20. The highest BCUT2D eigenvalue weighted by atomic mass is 32.2. The molecule has 2 atom stereocenters. The molecule has 0 aromatic rings. The Labute approximate surface area is 100 Å². The Balaban J connectivity index is 2.83. The van der Waals surface area contributed by atoms with Gasteiger partial charge in [0.1, 0.15) is 6.04 Å². The molecule has 100 valence electrons. The summed E-state index contributed by atoms with van der Waals surface area (Å²) in [5.74, 6) is -1.37. The average Bonchev–Trinajstić information content (AvgIpc) is 2.71. The summed E-state index contributed by atoms with van der Waals surface area (Å²) in [6, 6.07) is -1.04. The highest BCUT2D eigenvalue weighted by Crippen LogP contribution is 2.23. The van der Waals surface area contributed by atoms with E-state index in [0.717, 1.165) is 4.31 Å². The van der Waals surface area contributed by atoms with E-state index < -0.39 is 22.0 Å². The molecule has 1 aliphatic rings. The number of carbonyl (C=O) groups is 1. The van der Waals surface area contributed by atoms with Crippen molar-refractivity contribution < 1.29 is 27.8 Å². The van der Waals surface area contributed by atoms with Gasteiger partial charge in [-0.1, -0.05) is 0 Å². The number of aliphatic carboxylic acids is 1. The summed E-state index contributed by atoms with van der Waals surface area (Å²) >= 11 is 0. The van der Waals surface area contributed by atoms with Crippen LogP contribution in [0.5, 0.6) is 0 Å². The maximum Gasteiger partial charge on any atom is 0.322 e. The minimum atomic E-state index is -3.61. The molecule has 1 heterocycles. The van der Waals surface area contributed by atoms with Gasteiger partial charge in [0.15, 0.2) is 0 Å². The van der Waals surface area contributed by atoms with Gasteiger partial charge < -0.3 is 14.6 Å². The summed E-state index contributed by atoms with van der Waals surface area (Å²) in [6.07, 6.45) is -0.189. The van der Waals surface area contributed by atoms with Gasteiger partial charge in [-0.15, -0.1) is 0 Å². The molecular formula is C9H17NO6S. The molecule has 0 saturated carbocycles. The van der Waals surface area contributed by atoms with Gasteiger partial charge in [0, 0.05) is 27.2 Å². The van der Waals surface area contributed by atoms with Crippen LogP contribution in [0.4, 0.5) is 0 Å². The van der Waals surface area contributed by atoms with Crippen LogP contribution in [0.2, 0.25) is 0 Å². The second-order valence-electron chi connectivity index (χ2n) is 3.83. The molecule has 0 aliphatic carbocycles. The van der Waals surface area contributed by atoms with Gasteiger partial charge in [0.05, 0.1) is 18.5 Å². The molecule has 7 nitrogen and oxygen atoms in total. The number of rotatable bonds is 6. The highest BCUT2D eigenvalue weighted by molar-refractivity contribution is 7.89. The fraction of sp³-hybridized carbons (Fsp3) is 0.889. The van der Waals surface area contributed by atoms with E-state index in [1.807, 2.05) is 0 Å². The topological polar surface area (TPSA) is 93.1 Å². The minimum Gasteiger partial charge on any atom is -0.480 e. The third-order valence-corrected chi connectivity index (χ3v) is 4.54. The standard InChI is InChI=1S/C9H17NO6S/c1-15-3-4-17(13,14)10-6-7(16-2)5-8(10)9(11)12/h7-8H,3-6H2,1-2H3,(H,11,12). The molecule has 0 spiro atoms. The summed E-state index contributed by atoms with van der Waals surface area (Å²) in [5.41, 5.74) is 0. The van der Waals surface area contributed by atoms with E-state index in [9.17, 15) is 13.2 Å². The molecule has 2 unspecified atom stereocenters. The molecule has 0 amide bonds. The maximum absolute atomic E-state index is 11.9. The van der Waals surface area contributed by atoms with Crippen LogP contribution in [-0.4, -0.2) is 69.1 Å². The van der Waals surface area contributed by atoms with Crippen LogP contribution in [0, 0.1) is 0 Å². The van der Waals surface area contributed by atoms with Crippen molar-refractivity contribution in [3.63, 3.8) is 0 Å². The van der Waals surface area contributed by atoms with Crippen LogP contribution in [0.3, 0.4) is 0 Å².